The minimum absolute atomic E-state index is 0.0599. The Morgan fingerprint density at radius 3 is 2.37 bits per heavy atom. The Balaban J connectivity index is 1.50. The average molecular weight is 519 g/mol. The van der Waals surface area contributed by atoms with Gasteiger partial charge in [-0.15, -0.1) is 0 Å². The van der Waals surface area contributed by atoms with Crippen molar-refractivity contribution in [2.75, 3.05) is 11.6 Å². The summed E-state index contributed by atoms with van der Waals surface area (Å²) >= 11 is 6.38. The van der Waals surface area contributed by atoms with E-state index in [0.717, 1.165) is 51.2 Å². The van der Waals surface area contributed by atoms with Crippen molar-refractivity contribution < 1.29 is 4.74 Å². The summed E-state index contributed by atoms with van der Waals surface area (Å²) in [5, 5.41) is 8.63. The van der Waals surface area contributed by atoms with E-state index >= 15 is 0 Å². The fraction of sp³-hybridized carbons (Fsp3) is 0.156. The summed E-state index contributed by atoms with van der Waals surface area (Å²) in [5.74, 6) is 1.41. The molecular weight excluding hydrogens is 492 g/mol. The lowest BCUT2D eigenvalue weighted by Crippen LogP contribution is -2.21. The quantitative estimate of drug-likeness (QED) is 0.228. The van der Waals surface area contributed by atoms with Gasteiger partial charge in [0.2, 0.25) is 5.95 Å². The number of aromatic nitrogens is 2. The Morgan fingerprint density at radius 1 is 0.868 bits per heavy atom. The zero-order valence-corrected chi connectivity index (χ0v) is 22.1. The molecule has 4 aromatic carbocycles. The molecule has 5 aromatic rings. The number of ether oxygens (including phenoxy) is 1. The molecule has 0 saturated heterocycles. The monoisotopic (exact) mass is 518 g/mol. The van der Waals surface area contributed by atoms with Crippen molar-refractivity contribution in [1.82, 2.24) is 9.97 Å². The van der Waals surface area contributed by atoms with E-state index in [2.05, 4.69) is 55.5 Å². The summed E-state index contributed by atoms with van der Waals surface area (Å²) in [5.41, 5.74) is 7.11. The van der Waals surface area contributed by atoms with Gasteiger partial charge in [0.15, 0.2) is 0 Å². The standard InChI is InChI=1S/C32H27ClN4O/c1-3-38-26-16-13-23(14-17-26)30-20-29(22-11-9-21(2)10-12-22)36-37(30)32-34-28-18-15-25(33)19-27(28)31(35-32)24-7-5-4-6-8-24/h4-19,30H,3,20H2,1-2H3/t30-/m0/s1. The van der Waals surface area contributed by atoms with Gasteiger partial charge >= 0.3 is 0 Å². The number of hydrogen-bond acceptors (Lipinski definition) is 5. The number of aryl methyl sites for hydroxylation is 1. The molecule has 0 unspecified atom stereocenters. The van der Waals surface area contributed by atoms with Gasteiger partial charge in [0.25, 0.3) is 0 Å². The Kier molecular flexibility index (Phi) is 6.52. The number of halogens is 1. The minimum atomic E-state index is -0.0599. The van der Waals surface area contributed by atoms with Crippen LogP contribution in [0.2, 0.25) is 5.02 Å². The summed E-state index contributed by atoms with van der Waals surface area (Å²) in [6.07, 6.45) is 0.736. The second-order valence-electron chi connectivity index (χ2n) is 9.38. The predicted octanol–water partition coefficient (Wildman–Crippen LogP) is 8.01. The zero-order chi connectivity index (χ0) is 26.1. The molecule has 0 saturated carbocycles. The highest BCUT2D eigenvalue weighted by Crippen LogP contribution is 2.38. The van der Waals surface area contributed by atoms with Crippen molar-refractivity contribution in [3.63, 3.8) is 0 Å². The van der Waals surface area contributed by atoms with E-state index in [1.807, 2.05) is 60.5 Å². The van der Waals surface area contributed by atoms with Crippen molar-refractivity contribution in [3.05, 3.63) is 119 Å². The average Bonchev–Trinajstić information content (AvgIpc) is 3.39. The summed E-state index contributed by atoms with van der Waals surface area (Å²) in [6, 6.07) is 32.6. The highest BCUT2D eigenvalue weighted by molar-refractivity contribution is 6.31. The lowest BCUT2D eigenvalue weighted by atomic mass is 9.98. The maximum absolute atomic E-state index is 6.38. The van der Waals surface area contributed by atoms with Crippen LogP contribution in [0, 0.1) is 6.92 Å². The first kappa shape index (κ1) is 24.1. The molecule has 0 N–H and O–H groups in total. The third kappa shape index (κ3) is 4.73. The largest absolute Gasteiger partial charge is 0.494 e. The number of nitrogens with zero attached hydrogens (tertiary/aromatic N) is 4. The maximum Gasteiger partial charge on any atom is 0.247 e. The Bertz CT molecular complexity index is 1620. The van der Waals surface area contributed by atoms with Gasteiger partial charge in [-0.25, -0.2) is 15.0 Å². The third-order valence-corrected chi connectivity index (χ3v) is 7.00. The topological polar surface area (TPSA) is 50.6 Å². The first-order valence-electron chi connectivity index (χ1n) is 12.8. The van der Waals surface area contributed by atoms with E-state index in [4.69, 9.17) is 31.4 Å². The first-order valence-corrected chi connectivity index (χ1v) is 13.2. The fourth-order valence-electron chi connectivity index (χ4n) is 4.83. The number of hydrazone groups is 1. The van der Waals surface area contributed by atoms with Crippen LogP contribution in [0.25, 0.3) is 22.2 Å². The van der Waals surface area contributed by atoms with Crippen molar-refractivity contribution in [2.45, 2.75) is 26.3 Å². The molecule has 0 radical (unpaired) electrons. The van der Waals surface area contributed by atoms with Gasteiger partial charge in [-0.2, -0.15) is 5.10 Å². The van der Waals surface area contributed by atoms with Crippen LogP contribution in [-0.2, 0) is 0 Å². The molecule has 0 amide bonds. The smallest absolute Gasteiger partial charge is 0.247 e. The van der Waals surface area contributed by atoms with Crippen LogP contribution < -0.4 is 9.75 Å². The summed E-state index contributed by atoms with van der Waals surface area (Å²) in [6.45, 7) is 4.71. The van der Waals surface area contributed by atoms with Crippen molar-refractivity contribution in [2.24, 2.45) is 5.10 Å². The van der Waals surface area contributed by atoms with Gasteiger partial charge in [-0.3, -0.25) is 0 Å². The van der Waals surface area contributed by atoms with Crippen LogP contribution in [0.4, 0.5) is 5.95 Å². The van der Waals surface area contributed by atoms with Gasteiger partial charge in [0.1, 0.15) is 5.75 Å². The molecule has 1 aliphatic heterocycles. The predicted molar refractivity (Wildman–Crippen MR) is 155 cm³/mol. The van der Waals surface area contributed by atoms with Crippen molar-refractivity contribution >= 4 is 34.2 Å². The molecular formula is C32H27ClN4O. The van der Waals surface area contributed by atoms with Gasteiger partial charge in [0.05, 0.1) is 29.6 Å². The van der Waals surface area contributed by atoms with E-state index in [1.54, 1.807) is 0 Å². The van der Waals surface area contributed by atoms with E-state index in [1.165, 1.54) is 5.56 Å². The number of benzene rings is 4. The SMILES string of the molecule is CCOc1ccc([C@@H]2CC(c3ccc(C)cc3)=NN2c2nc(-c3ccccc3)c3cc(Cl)ccc3n2)cc1. The van der Waals surface area contributed by atoms with Crippen LogP contribution in [-0.4, -0.2) is 22.3 Å². The summed E-state index contributed by atoms with van der Waals surface area (Å²) < 4.78 is 5.68. The molecule has 38 heavy (non-hydrogen) atoms. The molecule has 5 nitrogen and oxygen atoms in total. The van der Waals surface area contributed by atoms with E-state index < -0.39 is 0 Å². The maximum atomic E-state index is 6.38. The normalized spacial score (nSPS) is 15.1. The van der Waals surface area contributed by atoms with E-state index in [-0.39, 0.29) is 6.04 Å². The van der Waals surface area contributed by atoms with E-state index in [0.29, 0.717) is 17.6 Å². The zero-order valence-electron chi connectivity index (χ0n) is 21.3. The van der Waals surface area contributed by atoms with E-state index in [9.17, 15) is 0 Å². The number of rotatable bonds is 6. The number of fused-ring (bicyclic) bond motifs is 1. The Labute approximate surface area is 227 Å². The summed E-state index contributed by atoms with van der Waals surface area (Å²) in [4.78, 5) is 10.1. The Hall–Kier alpha value is -4.22. The number of hydrogen-bond donors (Lipinski definition) is 0. The molecule has 6 rings (SSSR count). The second-order valence-corrected chi connectivity index (χ2v) is 9.82. The number of anilines is 1. The van der Waals surface area contributed by atoms with Crippen LogP contribution in [0.15, 0.2) is 102 Å². The molecule has 6 heteroatoms. The lowest BCUT2D eigenvalue weighted by Gasteiger charge is -2.23. The van der Waals surface area contributed by atoms with Gasteiger partial charge in [0, 0.05) is 22.4 Å². The molecule has 188 valence electrons. The van der Waals surface area contributed by atoms with Crippen LogP contribution >= 0.6 is 11.6 Å². The molecule has 0 aliphatic carbocycles. The Morgan fingerprint density at radius 2 is 1.63 bits per heavy atom. The second kappa shape index (κ2) is 10.3. The molecule has 1 aromatic heterocycles. The molecule has 0 bridgehead atoms. The van der Waals surface area contributed by atoms with Crippen molar-refractivity contribution in [3.8, 4) is 17.0 Å². The fourth-order valence-corrected chi connectivity index (χ4v) is 5.01. The lowest BCUT2D eigenvalue weighted by molar-refractivity contribution is 0.340. The van der Waals surface area contributed by atoms with Crippen LogP contribution in [0.1, 0.15) is 36.1 Å². The van der Waals surface area contributed by atoms with Crippen LogP contribution in [0.5, 0.6) is 5.75 Å². The van der Waals surface area contributed by atoms with Gasteiger partial charge in [-0.1, -0.05) is 83.9 Å². The van der Waals surface area contributed by atoms with Gasteiger partial charge < -0.3 is 4.74 Å². The highest BCUT2D eigenvalue weighted by atomic mass is 35.5. The van der Waals surface area contributed by atoms with Crippen molar-refractivity contribution in [1.29, 1.82) is 0 Å². The molecule has 0 fully saturated rings. The summed E-state index contributed by atoms with van der Waals surface area (Å²) in [7, 11) is 0. The van der Waals surface area contributed by atoms with Crippen LogP contribution in [0.3, 0.4) is 0 Å². The minimum Gasteiger partial charge on any atom is -0.494 e. The first-order chi connectivity index (χ1) is 18.6. The molecule has 0 spiro atoms. The molecule has 1 atom stereocenters. The highest BCUT2D eigenvalue weighted by Gasteiger charge is 2.32. The van der Waals surface area contributed by atoms with Gasteiger partial charge in [-0.05, 0) is 55.3 Å². The molecule has 1 aliphatic rings. The molecule has 2 heterocycles. The third-order valence-electron chi connectivity index (χ3n) is 6.77.